The van der Waals surface area contributed by atoms with E-state index in [-0.39, 0.29) is 0 Å². The average Bonchev–Trinajstić information content (AvgIpc) is 2.47. The first-order valence-corrected chi connectivity index (χ1v) is 3.92. The van der Waals surface area contributed by atoms with Crippen LogP contribution < -0.4 is 11.7 Å². The maximum Gasteiger partial charge on any atom is 0 e. The smallest absolute Gasteiger partial charge is 0 e. The zero-order valence-corrected chi connectivity index (χ0v) is 9.20. The Bertz CT molecular complexity index is 414. The lowest BCUT2D eigenvalue weighted by Gasteiger charge is -1.69. The Hall–Kier alpha value is -4.00. The molecule has 0 heterocycles. The molecule has 0 unspecified atom stereocenters. The summed E-state index contributed by atoms with van der Waals surface area (Å²) in [4.78, 5) is 0. The minimum atomic E-state index is 2.75. The summed E-state index contributed by atoms with van der Waals surface area (Å²) in [7, 11) is 0. The summed E-state index contributed by atoms with van der Waals surface area (Å²) in [6, 6.07) is 0. The van der Waals surface area contributed by atoms with E-state index in [2.05, 4.69) is 106 Å². The summed E-state index contributed by atoms with van der Waals surface area (Å²) in [5.41, 5.74) is 0. The Morgan fingerprint density at radius 1 is 0.250 bits per heavy atom. The summed E-state index contributed by atoms with van der Waals surface area (Å²) in [5, 5.41) is 52.8. The van der Waals surface area contributed by atoms with Gasteiger partial charge in [0.15, 0.2) is 0 Å². The van der Waals surface area contributed by atoms with Crippen LogP contribution in [0.25, 0.3) is 0 Å². The number of hydrogen-bond acceptors (Lipinski definition) is 2. The zero-order valence-electron chi connectivity index (χ0n) is 9.20. The van der Waals surface area contributed by atoms with Crippen molar-refractivity contribution in [2.45, 2.75) is 0 Å². The van der Waals surface area contributed by atoms with Crippen LogP contribution in [0.3, 0.4) is 0 Å². The molecule has 0 aromatic heterocycles. The molecule has 0 aliphatic heterocycles. The second-order valence-electron chi connectivity index (χ2n) is 1.66. The summed E-state index contributed by atoms with van der Waals surface area (Å²) in [6.07, 6.45) is 0. The van der Waals surface area contributed by atoms with Crippen molar-refractivity contribution >= 4 is 0 Å². The molecule has 4 N–H and O–H groups in total. The predicted molar refractivity (Wildman–Crippen MR) is 52.1 cm³/mol. The number of nitrogens with zero attached hydrogens (tertiary/aromatic N) is 18. The highest BCUT2D eigenvalue weighted by Gasteiger charge is 1.70. The second-order valence-corrected chi connectivity index (χ2v) is 1.66. The van der Waals surface area contributed by atoms with Gasteiger partial charge in [0.05, 0.1) is 0 Å². The molecule has 0 atom stereocenters. The summed E-state index contributed by atoms with van der Waals surface area (Å²) in [5.74, 6) is 9.19. The Morgan fingerprint density at radius 2 is 0.400 bits per heavy atom. The van der Waals surface area contributed by atoms with Crippen LogP contribution in [0.4, 0.5) is 0 Å². The molecule has 0 aromatic rings. The fourth-order valence-corrected chi connectivity index (χ4v) is 0.297. The highest BCUT2D eigenvalue weighted by atomic mass is 15.7. The van der Waals surface area contributed by atoms with Crippen molar-refractivity contribution in [3.05, 3.63) is 0 Å². The normalized spacial score (nSPS) is 14.6. The Kier molecular flexibility index (Phi) is 12.0. The summed E-state index contributed by atoms with van der Waals surface area (Å²) < 4.78 is 0. The third kappa shape index (κ3) is 14.0. The largest absolute Gasteiger partial charge is 0.303 e. The molecule has 0 saturated carbocycles. The molecule has 0 bridgehead atoms. The van der Waals surface area contributed by atoms with Gasteiger partial charge in [-0.05, 0) is 73.1 Å². The van der Waals surface area contributed by atoms with Crippen LogP contribution in [0, 0.1) is 0 Å². The number of rotatable bonds is 8. The van der Waals surface area contributed by atoms with Crippen molar-refractivity contribution < 1.29 is 0 Å². The van der Waals surface area contributed by atoms with E-state index in [1.54, 1.807) is 0 Å². The zero-order chi connectivity index (χ0) is 14.7. The lowest BCUT2D eigenvalue weighted by molar-refractivity contribution is 0.739. The fraction of sp³-hybridized carbons (Fsp3) is 0. The minimum Gasteiger partial charge on any atom is -0.303 e. The van der Waals surface area contributed by atoms with E-state index >= 15 is 0 Å². The molecule has 20 heteroatoms. The molecule has 0 radical (unpaired) electrons. The first-order valence-electron chi connectivity index (χ1n) is 3.92. The molecule has 0 aromatic carbocycles. The van der Waals surface area contributed by atoms with Gasteiger partial charge in [-0.3, -0.25) is 0 Å². The highest BCUT2D eigenvalue weighted by Crippen LogP contribution is 1.88. The van der Waals surface area contributed by atoms with Crippen LogP contribution in [0.5, 0.6) is 0 Å². The molecular weight excluding hydrogens is 280 g/mol. The summed E-state index contributed by atoms with van der Waals surface area (Å²) >= 11 is 0. The molecule has 0 rings (SSSR count). The van der Waals surface area contributed by atoms with E-state index in [1.807, 2.05) is 0 Å². The molecule has 0 saturated heterocycles. The van der Waals surface area contributed by atoms with Crippen LogP contribution in [0.1, 0.15) is 0 Å². The molecule has 0 fully saturated rings. The molecule has 20 nitrogen and oxygen atoms in total. The van der Waals surface area contributed by atoms with Crippen molar-refractivity contribution in [2.24, 2.45) is 106 Å². The molecule has 0 aliphatic rings. The van der Waals surface area contributed by atoms with Gasteiger partial charge in [0.2, 0.25) is 0 Å². The lowest BCUT2D eigenvalue weighted by atomic mass is 12.3. The van der Waals surface area contributed by atoms with E-state index < -0.39 is 0 Å². The molecule has 104 valence electrons. The predicted octanol–water partition coefficient (Wildman–Crippen LogP) is 2.12. The van der Waals surface area contributed by atoms with Crippen molar-refractivity contribution in [1.82, 2.24) is 0 Å². The summed E-state index contributed by atoms with van der Waals surface area (Å²) in [6.45, 7) is 0. The minimum absolute atomic E-state index is 2.75. The van der Waals surface area contributed by atoms with Crippen molar-refractivity contribution in [3.8, 4) is 0 Å². The van der Waals surface area contributed by atoms with Crippen LogP contribution in [-0.4, -0.2) is 0 Å². The monoisotopic (exact) mass is 284 g/mol. The number of hydrogen-bond donors (Lipinski definition) is 2. The number of nitrogens with two attached hydrogens (primary N) is 2. The standard InChI is InChI=1S/H4N20/c1-3-5-7-9-11-13-15-17-19-20-18-16-14-12-10-8-6-4-2/h(H2,1,4,5,8,9,12,13,16,17,20)(H2,2,3,6,7,10,11,14,15,18,19). The fourth-order valence-electron chi connectivity index (χ4n) is 0.297. The van der Waals surface area contributed by atoms with Gasteiger partial charge in [0.1, 0.15) is 0 Å². The van der Waals surface area contributed by atoms with Crippen LogP contribution in [0.15, 0.2) is 94.0 Å². The molecule has 0 spiro atoms. The van der Waals surface area contributed by atoms with E-state index in [0.717, 1.165) is 0 Å². The highest BCUT2D eigenvalue weighted by molar-refractivity contribution is 4.13. The van der Waals surface area contributed by atoms with E-state index in [9.17, 15) is 0 Å². The first kappa shape index (κ1) is 16.0. The first-order chi connectivity index (χ1) is 9.91. The average molecular weight is 284 g/mol. The Labute approximate surface area is 107 Å². The lowest BCUT2D eigenvalue weighted by Crippen LogP contribution is -1.70. The van der Waals surface area contributed by atoms with Crippen molar-refractivity contribution in [2.75, 3.05) is 0 Å². The Balaban J connectivity index is 3.85. The van der Waals surface area contributed by atoms with Crippen LogP contribution in [0.2, 0.25) is 0 Å². The molecular formula is H4N20. The maximum absolute atomic E-state index is 4.59. The Morgan fingerprint density at radius 3 is 0.550 bits per heavy atom. The van der Waals surface area contributed by atoms with Gasteiger partial charge in [0.25, 0.3) is 0 Å². The second kappa shape index (κ2) is 15.0. The quantitative estimate of drug-likeness (QED) is 0.384. The molecule has 0 amide bonds. The van der Waals surface area contributed by atoms with Crippen LogP contribution >= 0.6 is 0 Å². The van der Waals surface area contributed by atoms with Gasteiger partial charge >= 0.3 is 0 Å². The van der Waals surface area contributed by atoms with E-state index in [1.165, 1.54) is 0 Å². The molecule has 0 aliphatic carbocycles. The van der Waals surface area contributed by atoms with Gasteiger partial charge in [0, 0.05) is 10.4 Å². The van der Waals surface area contributed by atoms with Gasteiger partial charge < -0.3 is 11.7 Å². The SMILES string of the molecule is N/N=N/N=N/N=N/N=N/N=N/N=N/N=N/N=N/N=N/N. The van der Waals surface area contributed by atoms with Gasteiger partial charge in [-0.15, -0.1) is 0 Å². The van der Waals surface area contributed by atoms with Crippen molar-refractivity contribution in [3.63, 3.8) is 0 Å². The van der Waals surface area contributed by atoms with Gasteiger partial charge in [-0.2, -0.15) is 0 Å². The molecule has 20 heavy (non-hydrogen) atoms. The third-order valence-corrected chi connectivity index (χ3v) is 0.703. The van der Waals surface area contributed by atoms with Crippen LogP contribution in [-0.2, 0) is 0 Å². The van der Waals surface area contributed by atoms with E-state index in [0.29, 0.717) is 0 Å². The van der Waals surface area contributed by atoms with Gasteiger partial charge in [-0.1, -0.05) is 10.4 Å². The maximum atomic E-state index is 4.59. The van der Waals surface area contributed by atoms with Crippen molar-refractivity contribution in [1.29, 1.82) is 0 Å². The third-order valence-electron chi connectivity index (χ3n) is 0.703. The topological polar surface area (TPSA) is 275 Å². The van der Waals surface area contributed by atoms with Gasteiger partial charge in [-0.25, -0.2) is 0 Å². The van der Waals surface area contributed by atoms with E-state index in [4.69, 9.17) is 0 Å².